The Labute approximate surface area is 172 Å². The van der Waals surface area contributed by atoms with Crippen molar-refractivity contribution in [2.45, 2.75) is 0 Å². The van der Waals surface area contributed by atoms with Crippen molar-refractivity contribution in [1.82, 2.24) is 10.9 Å². The number of amides is 2. The number of carbonyl (C=O) groups excluding carboxylic acids is 2. The lowest BCUT2D eigenvalue weighted by molar-refractivity contribution is 0.0943. The molecule has 0 radical (unpaired) electrons. The van der Waals surface area contributed by atoms with Gasteiger partial charge in [-0.25, -0.2) is 10.9 Å². The zero-order chi connectivity index (χ0) is 21.3. The van der Waals surface area contributed by atoms with Crippen LogP contribution >= 0.6 is 0 Å². The standard InChI is InChI=1S/C22H18N4O4/c27-19-9-1-15(2-10-19)13-23-25-21(29)17-5-7-18(8-6-17)22(30)26-24-14-16-3-11-20(28)12-4-16/h1-14,27-28H,(H,25,29)(H,26,30)/b23-13-,24-14-. The lowest BCUT2D eigenvalue weighted by atomic mass is 10.1. The van der Waals surface area contributed by atoms with Gasteiger partial charge in [-0.05, 0) is 83.9 Å². The quantitative estimate of drug-likeness (QED) is 0.374. The molecule has 0 aliphatic rings. The lowest BCUT2D eigenvalue weighted by Crippen LogP contribution is -2.19. The number of nitrogens with one attached hydrogen (secondary N) is 2. The molecule has 0 bridgehead atoms. The molecule has 3 aromatic rings. The fourth-order valence-electron chi connectivity index (χ4n) is 2.35. The van der Waals surface area contributed by atoms with Crippen molar-refractivity contribution in [1.29, 1.82) is 0 Å². The molecule has 0 aliphatic heterocycles. The maximum atomic E-state index is 12.1. The molecule has 0 atom stereocenters. The highest BCUT2D eigenvalue weighted by Gasteiger charge is 2.08. The normalized spacial score (nSPS) is 10.9. The van der Waals surface area contributed by atoms with Crippen LogP contribution in [0.1, 0.15) is 31.8 Å². The molecule has 0 aromatic heterocycles. The van der Waals surface area contributed by atoms with Gasteiger partial charge < -0.3 is 10.2 Å². The van der Waals surface area contributed by atoms with Gasteiger partial charge in [0, 0.05) is 11.1 Å². The molecule has 2 amide bonds. The number of hydrogen-bond acceptors (Lipinski definition) is 6. The topological polar surface area (TPSA) is 123 Å². The van der Waals surface area contributed by atoms with E-state index in [2.05, 4.69) is 21.1 Å². The summed E-state index contributed by atoms with van der Waals surface area (Å²) in [6.45, 7) is 0. The zero-order valence-electron chi connectivity index (χ0n) is 15.7. The van der Waals surface area contributed by atoms with E-state index in [0.717, 1.165) is 0 Å². The van der Waals surface area contributed by atoms with Crippen LogP contribution in [0.15, 0.2) is 83.0 Å². The largest absolute Gasteiger partial charge is 0.508 e. The first-order valence-corrected chi connectivity index (χ1v) is 8.86. The van der Waals surface area contributed by atoms with Gasteiger partial charge in [-0.1, -0.05) is 0 Å². The van der Waals surface area contributed by atoms with E-state index < -0.39 is 11.8 Å². The summed E-state index contributed by atoms with van der Waals surface area (Å²) in [6.07, 6.45) is 2.90. The summed E-state index contributed by atoms with van der Waals surface area (Å²) in [5.74, 6) is -0.567. The summed E-state index contributed by atoms with van der Waals surface area (Å²) in [4.78, 5) is 24.2. The molecule has 0 saturated carbocycles. The molecule has 150 valence electrons. The minimum Gasteiger partial charge on any atom is -0.508 e. The van der Waals surface area contributed by atoms with Gasteiger partial charge in [0.1, 0.15) is 11.5 Å². The van der Waals surface area contributed by atoms with E-state index in [1.54, 1.807) is 24.3 Å². The second-order valence-corrected chi connectivity index (χ2v) is 6.16. The SMILES string of the molecule is O=C(N/N=C\c1ccc(O)cc1)c1ccc(C(=O)N/N=C\c2ccc(O)cc2)cc1. The van der Waals surface area contributed by atoms with Gasteiger partial charge in [-0.3, -0.25) is 9.59 Å². The van der Waals surface area contributed by atoms with Crippen LogP contribution in [-0.2, 0) is 0 Å². The fourth-order valence-corrected chi connectivity index (χ4v) is 2.35. The van der Waals surface area contributed by atoms with Gasteiger partial charge in [-0.2, -0.15) is 10.2 Å². The van der Waals surface area contributed by atoms with Crippen molar-refractivity contribution in [3.05, 3.63) is 95.1 Å². The number of hydrogen-bond donors (Lipinski definition) is 4. The highest BCUT2D eigenvalue weighted by atomic mass is 16.3. The number of hydrazone groups is 2. The van der Waals surface area contributed by atoms with E-state index >= 15 is 0 Å². The van der Waals surface area contributed by atoms with E-state index in [-0.39, 0.29) is 11.5 Å². The Morgan fingerprint density at radius 3 is 1.27 bits per heavy atom. The molecular formula is C22H18N4O4. The Kier molecular flexibility index (Phi) is 6.52. The van der Waals surface area contributed by atoms with Crippen LogP contribution in [0, 0.1) is 0 Å². The third-order valence-electron chi connectivity index (χ3n) is 3.95. The molecule has 8 heteroatoms. The molecule has 0 unspecified atom stereocenters. The van der Waals surface area contributed by atoms with Crippen LogP contribution in [0.4, 0.5) is 0 Å². The highest BCUT2D eigenvalue weighted by molar-refractivity contribution is 5.98. The summed E-state index contributed by atoms with van der Waals surface area (Å²) in [7, 11) is 0. The molecule has 0 heterocycles. The molecule has 4 N–H and O–H groups in total. The van der Waals surface area contributed by atoms with Crippen LogP contribution in [0.5, 0.6) is 11.5 Å². The molecule has 0 aliphatic carbocycles. The van der Waals surface area contributed by atoms with E-state index in [1.807, 2.05) is 0 Å². The van der Waals surface area contributed by atoms with Crippen LogP contribution in [-0.4, -0.2) is 34.5 Å². The molecule has 8 nitrogen and oxygen atoms in total. The number of phenols is 2. The first-order chi connectivity index (χ1) is 14.5. The molecule has 0 spiro atoms. The Hall–Kier alpha value is -4.46. The van der Waals surface area contributed by atoms with E-state index in [4.69, 9.17) is 0 Å². The average molecular weight is 402 g/mol. The van der Waals surface area contributed by atoms with Gasteiger partial charge in [0.15, 0.2) is 0 Å². The third kappa shape index (κ3) is 5.77. The number of rotatable bonds is 6. The third-order valence-corrected chi connectivity index (χ3v) is 3.95. The predicted molar refractivity (Wildman–Crippen MR) is 113 cm³/mol. The van der Waals surface area contributed by atoms with Gasteiger partial charge in [0.05, 0.1) is 12.4 Å². The van der Waals surface area contributed by atoms with Gasteiger partial charge in [-0.15, -0.1) is 0 Å². The minimum atomic E-state index is -0.428. The Bertz CT molecular complexity index is 985. The predicted octanol–water partition coefficient (Wildman–Crippen LogP) is 2.63. The van der Waals surface area contributed by atoms with Gasteiger partial charge in [0.25, 0.3) is 11.8 Å². The molecule has 3 rings (SSSR count). The summed E-state index contributed by atoms with van der Waals surface area (Å²) in [5, 5.41) is 26.2. The smallest absolute Gasteiger partial charge is 0.271 e. The van der Waals surface area contributed by atoms with Gasteiger partial charge >= 0.3 is 0 Å². The number of nitrogens with zero attached hydrogens (tertiary/aromatic N) is 2. The van der Waals surface area contributed by atoms with Crippen LogP contribution in [0.3, 0.4) is 0 Å². The molecule has 3 aromatic carbocycles. The van der Waals surface area contributed by atoms with Gasteiger partial charge in [0.2, 0.25) is 0 Å². The lowest BCUT2D eigenvalue weighted by Gasteiger charge is -2.03. The van der Waals surface area contributed by atoms with Crippen LogP contribution in [0.25, 0.3) is 0 Å². The molecule has 0 fully saturated rings. The second kappa shape index (κ2) is 9.65. The Balaban J connectivity index is 1.53. The number of benzene rings is 3. The maximum absolute atomic E-state index is 12.1. The second-order valence-electron chi connectivity index (χ2n) is 6.16. The molecule has 0 saturated heterocycles. The number of carbonyl (C=O) groups is 2. The van der Waals surface area contributed by atoms with E-state index in [0.29, 0.717) is 22.3 Å². The maximum Gasteiger partial charge on any atom is 0.271 e. The minimum absolute atomic E-state index is 0.145. The van der Waals surface area contributed by atoms with Crippen molar-refractivity contribution >= 4 is 24.2 Å². The first kappa shape index (κ1) is 20.3. The fraction of sp³-hybridized carbons (Fsp3) is 0. The van der Waals surface area contributed by atoms with Crippen LogP contribution in [0.2, 0.25) is 0 Å². The summed E-state index contributed by atoms with van der Waals surface area (Å²) >= 11 is 0. The number of phenolic OH excluding ortho intramolecular Hbond substituents is 2. The average Bonchev–Trinajstić information content (AvgIpc) is 2.76. The first-order valence-electron chi connectivity index (χ1n) is 8.86. The molecule has 30 heavy (non-hydrogen) atoms. The Morgan fingerprint density at radius 1 is 0.600 bits per heavy atom. The summed E-state index contributed by atoms with van der Waals surface area (Å²) in [5.41, 5.74) is 6.89. The Morgan fingerprint density at radius 2 is 0.933 bits per heavy atom. The zero-order valence-corrected chi connectivity index (χ0v) is 15.7. The van der Waals surface area contributed by atoms with Crippen LogP contribution < -0.4 is 10.9 Å². The molecular weight excluding hydrogens is 384 g/mol. The van der Waals surface area contributed by atoms with Crippen molar-refractivity contribution in [3.63, 3.8) is 0 Å². The van der Waals surface area contributed by atoms with Crippen molar-refractivity contribution in [3.8, 4) is 11.5 Å². The number of aromatic hydroxyl groups is 2. The van der Waals surface area contributed by atoms with E-state index in [9.17, 15) is 19.8 Å². The van der Waals surface area contributed by atoms with Crippen molar-refractivity contribution in [2.24, 2.45) is 10.2 Å². The van der Waals surface area contributed by atoms with Crippen molar-refractivity contribution in [2.75, 3.05) is 0 Å². The highest BCUT2D eigenvalue weighted by Crippen LogP contribution is 2.09. The summed E-state index contributed by atoms with van der Waals surface area (Å²) < 4.78 is 0. The van der Waals surface area contributed by atoms with Crippen molar-refractivity contribution < 1.29 is 19.8 Å². The monoisotopic (exact) mass is 402 g/mol. The van der Waals surface area contributed by atoms with E-state index in [1.165, 1.54) is 61.0 Å². The summed E-state index contributed by atoms with van der Waals surface area (Å²) in [6, 6.07) is 18.7.